The van der Waals surface area contributed by atoms with Crippen molar-refractivity contribution < 1.29 is 4.74 Å². The Kier molecular flexibility index (Phi) is 2.93. The largest absolute Gasteiger partial charge is 0.371 e. The van der Waals surface area contributed by atoms with Crippen LogP contribution in [0, 0.1) is 0 Å². The van der Waals surface area contributed by atoms with Crippen LogP contribution in [0.1, 0.15) is 31.2 Å². The summed E-state index contributed by atoms with van der Waals surface area (Å²) in [4.78, 5) is 7.01. The molecule has 102 valence electrons. The lowest BCUT2D eigenvalue weighted by Gasteiger charge is -2.33. The summed E-state index contributed by atoms with van der Waals surface area (Å²) in [5, 5.41) is 3.52. The maximum absolute atomic E-state index is 5.87. The van der Waals surface area contributed by atoms with Gasteiger partial charge in [-0.2, -0.15) is 0 Å². The van der Waals surface area contributed by atoms with Crippen molar-refractivity contribution in [1.82, 2.24) is 10.3 Å². The summed E-state index contributed by atoms with van der Waals surface area (Å²) in [5.41, 5.74) is 1.28. The molecule has 0 aromatic carbocycles. The van der Waals surface area contributed by atoms with E-state index in [-0.39, 0.29) is 0 Å². The molecule has 2 saturated heterocycles. The first-order chi connectivity index (χ1) is 9.37. The molecule has 3 heterocycles. The van der Waals surface area contributed by atoms with Crippen LogP contribution in [0.15, 0.2) is 18.3 Å². The number of aromatic nitrogens is 1. The van der Waals surface area contributed by atoms with E-state index in [0.29, 0.717) is 12.2 Å². The van der Waals surface area contributed by atoms with E-state index in [2.05, 4.69) is 27.3 Å². The average Bonchev–Trinajstić information content (AvgIpc) is 3.22. The number of fused-ring (bicyclic) bond motifs is 2. The zero-order valence-electron chi connectivity index (χ0n) is 11.2. The van der Waals surface area contributed by atoms with Crippen molar-refractivity contribution in [3.8, 4) is 0 Å². The van der Waals surface area contributed by atoms with E-state index < -0.39 is 0 Å². The first kappa shape index (κ1) is 11.7. The molecule has 4 heteroatoms. The van der Waals surface area contributed by atoms with Crippen molar-refractivity contribution >= 4 is 5.82 Å². The molecule has 1 saturated carbocycles. The molecule has 4 nitrogen and oxygen atoms in total. The highest BCUT2D eigenvalue weighted by molar-refractivity contribution is 5.40. The van der Waals surface area contributed by atoms with E-state index in [9.17, 15) is 0 Å². The monoisotopic (exact) mass is 259 g/mol. The number of pyridine rings is 1. The predicted molar refractivity (Wildman–Crippen MR) is 74.2 cm³/mol. The second-order valence-electron chi connectivity index (χ2n) is 6.04. The van der Waals surface area contributed by atoms with Gasteiger partial charge >= 0.3 is 0 Å². The molecule has 2 unspecified atom stereocenters. The van der Waals surface area contributed by atoms with E-state index in [1.165, 1.54) is 31.2 Å². The lowest BCUT2D eigenvalue weighted by molar-refractivity contribution is 0.0302. The fourth-order valence-corrected chi connectivity index (χ4v) is 3.06. The van der Waals surface area contributed by atoms with E-state index in [4.69, 9.17) is 4.74 Å². The number of ether oxygens (including phenoxy) is 1. The SMILES string of the molecule is c1cc(N2CC3CCC(C2)O3)ncc1CNC1CC1. The molecule has 1 aromatic rings. The lowest BCUT2D eigenvalue weighted by atomic mass is 10.2. The van der Waals surface area contributed by atoms with Gasteiger partial charge in [-0.1, -0.05) is 6.07 Å². The minimum atomic E-state index is 0.428. The molecule has 2 bridgehead atoms. The summed E-state index contributed by atoms with van der Waals surface area (Å²) >= 11 is 0. The Morgan fingerprint density at radius 3 is 2.58 bits per heavy atom. The number of rotatable bonds is 4. The van der Waals surface area contributed by atoms with Crippen LogP contribution in [0.25, 0.3) is 0 Å². The smallest absolute Gasteiger partial charge is 0.128 e. The van der Waals surface area contributed by atoms with Crippen molar-refractivity contribution in [2.24, 2.45) is 0 Å². The summed E-state index contributed by atoms with van der Waals surface area (Å²) in [7, 11) is 0. The number of nitrogens with one attached hydrogen (secondary N) is 1. The molecule has 1 aliphatic carbocycles. The van der Waals surface area contributed by atoms with Crippen LogP contribution in [0.2, 0.25) is 0 Å². The molecule has 2 aliphatic heterocycles. The Balaban J connectivity index is 1.40. The summed E-state index contributed by atoms with van der Waals surface area (Å²) in [6.07, 6.45) is 7.97. The predicted octanol–water partition coefficient (Wildman–Crippen LogP) is 1.70. The van der Waals surface area contributed by atoms with Crippen LogP contribution < -0.4 is 10.2 Å². The number of nitrogens with zero attached hydrogens (tertiary/aromatic N) is 2. The molecule has 3 aliphatic rings. The van der Waals surface area contributed by atoms with Crippen LogP contribution in [0.5, 0.6) is 0 Å². The first-order valence-electron chi connectivity index (χ1n) is 7.45. The van der Waals surface area contributed by atoms with Crippen LogP contribution in [-0.2, 0) is 11.3 Å². The highest BCUT2D eigenvalue weighted by Gasteiger charge is 2.34. The first-order valence-corrected chi connectivity index (χ1v) is 7.45. The second kappa shape index (κ2) is 4.76. The van der Waals surface area contributed by atoms with Gasteiger partial charge in [0.1, 0.15) is 5.82 Å². The van der Waals surface area contributed by atoms with Gasteiger partial charge in [-0.15, -0.1) is 0 Å². The van der Waals surface area contributed by atoms with E-state index in [1.54, 1.807) is 0 Å². The Morgan fingerprint density at radius 2 is 1.95 bits per heavy atom. The molecule has 2 atom stereocenters. The van der Waals surface area contributed by atoms with Gasteiger partial charge in [0, 0.05) is 31.9 Å². The molecule has 1 N–H and O–H groups in total. The Hall–Kier alpha value is -1.13. The van der Waals surface area contributed by atoms with Crippen molar-refractivity contribution in [2.45, 2.75) is 50.5 Å². The van der Waals surface area contributed by atoms with Crippen molar-refractivity contribution in [3.05, 3.63) is 23.9 Å². The molecular formula is C15H21N3O. The Morgan fingerprint density at radius 1 is 1.16 bits per heavy atom. The van der Waals surface area contributed by atoms with Gasteiger partial charge in [0.25, 0.3) is 0 Å². The van der Waals surface area contributed by atoms with E-state index >= 15 is 0 Å². The average molecular weight is 259 g/mol. The highest BCUT2D eigenvalue weighted by atomic mass is 16.5. The van der Waals surface area contributed by atoms with E-state index in [0.717, 1.165) is 31.5 Å². The third kappa shape index (κ3) is 2.60. The maximum Gasteiger partial charge on any atom is 0.128 e. The van der Waals surface area contributed by atoms with Gasteiger partial charge in [-0.05, 0) is 37.3 Å². The van der Waals surface area contributed by atoms with Crippen LogP contribution in [0.4, 0.5) is 5.82 Å². The zero-order valence-corrected chi connectivity index (χ0v) is 11.2. The standard InChI is InChI=1S/C15H21N3O/c1-6-15(17-8-11(1)7-16-12-2-3-12)18-9-13-4-5-14(10-18)19-13/h1,6,8,12-14,16H,2-5,7,9-10H2. The molecule has 0 spiro atoms. The fraction of sp³-hybridized carbons (Fsp3) is 0.667. The third-order valence-corrected chi connectivity index (χ3v) is 4.35. The van der Waals surface area contributed by atoms with E-state index in [1.807, 2.05) is 6.20 Å². The van der Waals surface area contributed by atoms with Crippen LogP contribution >= 0.6 is 0 Å². The summed E-state index contributed by atoms with van der Waals surface area (Å²) in [5.74, 6) is 1.11. The quantitative estimate of drug-likeness (QED) is 0.893. The number of hydrogen-bond acceptors (Lipinski definition) is 4. The zero-order chi connectivity index (χ0) is 12.7. The number of hydrogen-bond donors (Lipinski definition) is 1. The number of morpholine rings is 1. The summed E-state index contributed by atoms with van der Waals surface area (Å²) < 4.78 is 5.87. The van der Waals surface area contributed by atoms with Crippen molar-refractivity contribution in [3.63, 3.8) is 0 Å². The Bertz CT molecular complexity index is 431. The summed E-state index contributed by atoms with van der Waals surface area (Å²) in [6, 6.07) is 5.12. The lowest BCUT2D eigenvalue weighted by Crippen LogP contribution is -2.43. The highest BCUT2D eigenvalue weighted by Crippen LogP contribution is 2.28. The van der Waals surface area contributed by atoms with Gasteiger partial charge < -0.3 is 15.0 Å². The molecule has 0 radical (unpaired) electrons. The molecule has 4 rings (SSSR count). The van der Waals surface area contributed by atoms with Crippen molar-refractivity contribution in [1.29, 1.82) is 0 Å². The molecule has 19 heavy (non-hydrogen) atoms. The number of anilines is 1. The molecule has 1 aromatic heterocycles. The van der Waals surface area contributed by atoms with Crippen LogP contribution in [0.3, 0.4) is 0 Å². The molecule has 3 fully saturated rings. The van der Waals surface area contributed by atoms with Gasteiger partial charge in [0.2, 0.25) is 0 Å². The topological polar surface area (TPSA) is 37.4 Å². The fourth-order valence-electron chi connectivity index (χ4n) is 3.06. The molecule has 0 amide bonds. The van der Waals surface area contributed by atoms with Crippen molar-refractivity contribution in [2.75, 3.05) is 18.0 Å². The third-order valence-electron chi connectivity index (χ3n) is 4.35. The van der Waals surface area contributed by atoms with Gasteiger partial charge in [-0.3, -0.25) is 0 Å². The van der Waals surface area contributed by atoms with Crippen LogP contribution in [-0.4, -0.2) is 36.3 Å². The molecular weight excluding hydrogens is 238 g/mol. The normalized spacial score (nSPS) is 29.8. The summed E-state index contributed by atoms with van der Waals surface area (Å²) in [6.45, 7) is 2.96. The maximum atomic E-state index is 5.87. The minimum Gasteiger partial charge on any atom is -0.371 e. The van der Waals surface area contributed by atoms with Gasteiger partial charge in [0.05, 0.1) is 12.2 Å². The van der Waals surface area contributed by atoms with Gasteiger partial charge in [-0.25, -0.2) is 4.98 Å². The van der Waals surface area contributed by atoms with Gasteiger partial charge in [0.15, 0.2) is 0 Å². The minimum absolute atomic E-state index is 0.428. The Labute approximate surface area is 114 Å². The second-order valence-corrected chi connectivity index (χ2v) is 6.04.